The number of nitrogens with one attached hydrogen (secondary N) is 1. The highest BCUT2D eigenvalue weighted by molar-refractivity contribution is 6.35. The molecule has 0 spiro atoms. The van der Waals surface area contributed by atoms with E-state index >= 15 is 0 Å². The van der Waals surface area contributed by atoms with E-state index in [4.69, 9.17) is 9.47 Å². The van der Waals surface area contributed by atoms with Gasteiger partial charge in [-0.3, -0.25) is 9.59 Å². The number of rotatable bonds is 5. The molecule has 1 heterocycles. The van der Waals surface area contributed by atoms with Crippen LogP contribution in [0.3, 0.4) is 0 Å². The third-order valence-electron chi connectivity index (χ3n) is 4.81. The van der Waals surface area contributed by atoms with Crippen LogP contribution >= 0.6 is 0 Å². The van der Waals surface area contributed by atoms with Crippen molar-refractivity contribution in [2.45, 2.75) is 0 Å². The second-order valence-corrected chi connectivity index (χ2v) is 6.55. The average Bonchev–Trinajstić information content (AvgIpc) is 2.79. The zero-order valence-electron chi connectivity index (χ0n) is 16.9. The summed E-state index contributed by atoms with van der Waals surface area (Å²) in [4.78, 5) is 28.2. The Morgan fingerprint density at radius 2 is 1.67 bits per heavy atom. The number of phenolic OH excluding ortho intramolecular Hbond substituents is 1. The van der Waals surface area contributed by atoms with Gasteiger partial charge in [0.25, 0.3) is 0 Å². The van der Waals surface area contributed by atoms with Gasteiger partial charge >= 0.3 is 11.8 Å². The average molecular weight is 412 g/mol. The van der Waals surface area contributed by atoms with Crippen LogP contribution in [0, 0.1) is 0 Å². The number of phenols is 1. The summed E-state index contributed by atoms with van der Waals surface area (Å²) in [6.07, 6.45) is 1.25. The molecule has 0 saturated carbocycles. The molecule has 1 saturated heterocycles. The first-order valence-electron chi connectivity index (χ1n) is 9.41. The Hall–Kier alpha value is -3.75. The molecule has 2 aromatic rings. The lowest BCUT2D eigenvalue weighted by molar-refractivity contribution is -0.146. The van der Waals surface area contributed by atoms with Crippen LogP contribution in [0.15, 0.2) is 47.6 Å². The summed E-state index contributed by atoms with van der Waals surface area (Å²) >= 11 is 0. The number of hydrogen-bond acceptors (Lipinski definition) is 7. The highest BCUT2D eigenvalue weighted by Gasteiger charge is 2.26. The summed E-state index contributed by atoms with van der Waals surface area (Å²) in [5, 5.41) is 13.8. The van der Waals surface area contributed by atoms with Gasteiger partial charge in [0.1, 0.15) is 5.75 Å². The Balaban J connectivity index is 1.54. The fourth-order valence-corrected chi connectivity index (χ4v) is 3.20. The molecular formula is C21H24N4O5. The third kappa shape index (κ3) is 4.62. The molecule has 0 bridgehead atoms. The summed E-state index contributed by atoms with van der Waals surface area (Å²) < 4.78 is 10.4. The first kappa shape index (κ1) is 21.0. The van der Waals surface area contributed by atoms with E-state index in [0.29, 0.717) is 31.7 Å². The first-order valence-corrected chi connectivity index (χ1v) is 9.41. The van der Waals surface area contributed by atoms with E-state index in [1.54, 1.807) is 25.3 Å². The zero-order valence-corrected chi connectivity index (χ0v) is 16.9. The molecule has 0 aliphatic carbocycles. The molecule has 1 fully saturated rings. The van der Waals surface area contributed by atoms with Crippen LogP contribution < -0.4 is 19.8 Å². The molecule has 0 radical (unpaired) electrons. The number of carbonyl (C=O) groups excluding carboxylic acids is 2. The predicted octanol–water partition coefficient (Wildman–Crippen LogP) is 1.21. The second kappa shape index (κ2) is 9.64. The maximum absolute atomic E-state index is 12.4. The number of carbonyl (C=O) groups is 2. The van der Waals surface area contributed by atoms with Crippen LogP contribution in [-0.4, -0.2) is 68.4 Å². The van der Waals surface area contributed by atoms with Crippen molar-refractivity contribution in [1.82, 2.24) is 10.3 Å². The van der Waals surface area contributed by atoms with Gasteiger partial charge in [-0.1, -0.05) is 18.2 Å². The first-order chi connectivity index (χ1) is 14.5. The van der Waals surface area contributed by atoms with Crippen molar-refractivity contribution in [3.05, 3.63) is 48.0 Å². The van der Waals surface area contributed by atoms with Crippen LogP contribution in [0.4, 0.5) is 5.69 Å². The number of hydrazone groups is 1. The lowest BCUT2D eigenvalue weighted by Crippen LogP contribution is -2.52. The van der Waals surface area contributed by atoms with Crippen LogP contribution in [0.25, 0.3) is 0 Å². The van der Waals surface area contributed by atoms with Crippen LogP contribution in [-0.2, 0) is 9.59 Å². The van der Waals surface area contributed by atoms with E-state index in [1.165, 1.54) is 18.2 Å². The van der Waals surface area contributed by atoms with Crippen LogP contribution in [0.1, 0.15) is 5.56 Å². The number of benzene rings is 2. The fraction of sp³-hybridized carbons (Fsp3) is 0.286. The number of nitrogens with zero attached hydrogens (tertiary/aromatic N) is 3. The van der Waals surface area contributed by atoms with Crippen molar-refractivity contribution in [1.29, 1.82) is 0 Å². The Labute approximate surface area is 174 Å². The molecule has 0 unspecified atom stereocenters. The molecule has 1 aliphatic heterocycles. The third-order valence-corrected chi connectivity index (χ3v) is 4.81. The number of methoxy groups -OCH3 is 2. The molecule has 2 N–H and O–H groups in total. The lowest BCUT2D eigenvalue weighted by Gasteiger charge is -2.36. The number of hydrogen-bond donors (Lipinski definition) is 2. The smallest absolute Gasteiger partial charge is 0.329 e. The highest BCUT2D eigenvalue weighted by Crippen LogP contribution is 2.29. The predicted molar refractivity (Wildman–Crippen MR) is 112 cm³/mol. The van der Waals surface area contributed by atoms with E-state index in [2.05, 4.69) is 15.4 Å². The van der Waals surface area contributed by atoms with E-state index < -0.39 is 11.8 Å². The van der Waals surface area contributed by atoms with Crippen LogP contribution in [0.5, 0.6) is 17.2 Å². The standard InChI is InChI=1S/C21H24N4O5/c1-29-17-8-4-3-7-16(17)24-10-12-25(13-11-24)21(28)20(27)23-22-14-15-6-5-9-18(30-2)19(15)26/h3-9,14,26H,10-13H2,1-2H3,(H,23,27). The Morgan fingerprint density at radius 1 is 1.00 bits per heavy atom. The summed E-state index contributed by atoms with van der Waals surface area (Å²) in [6.45, 7) is 1.98. The molecular weight excluding hydrogens is 388 g/mol. The summed E-state index contributed by atoms with van der Waals surface area (Å²) in [6, 6.07) is 12.6. The van der Waals surface area contributed by atoms with Gasteiger partial charge in [0.05, 0.1) is 26.1 Å². The van der Waals surface area contributed by atoms with E-state index in [1.807, 2.05) is 24.3 Å². The Morgan fingerprint density at radius 3 is 2.37 bits per heavy atom. The van der Waals surface area contributed by atoms with Gasteiger partial charge in [-0.25, -0.2) is 5.43 Å². The van der Waals surface area contributed by atoms with Crippen molar-refractivity contribution in [3.63, 3.8) is 0 Å². The van der Waals surface area contributed by atoms with Gasteiger partial charge < -0.3 is 24.4 Å². The molecule has 158 valence electrons. The normalized spacial score (nSPS) is 13.9. The minimum Gasteiger partial charge on any atom is -0.504 e. The number of aromatic hydroxyl groups is 1. The van der Waals surface area contributed by atoms with Gasteiger partial charge in [-0.05, 0) is 24.3 Å². The molecule has 9 nitrogen and oxygen atoms in total. The van der Waals surface area contributed by atoms with Crippen molar-refractivity contribution >= 4 is 23.7 Å². The number of para-hydroxylation sites is 3. The maximum Gasteiger partial charge on any atom is 0.329 e. The van der Waals surface area contributed by atoms with Crippen molar-refractivity contribution in [2.24, 2.45) is 5.10 Å². The SMILES string of the molecule is COc1ccccc1N1CCN(C(=O)C(=O)NN=Cc2cccc(OC)c2O)CC1. The summed E-state index contributed by atoms with van der Waals surface area (Å²) in [5.41, 5.74) is 3.52. The van der Waals surface area contributed by atoms with E-state index in [9.17, 15) is 14.7 Å². The molecule has 9 heteroatoms. The van der Waals surface area contributed by atoms with Crippen molar-refractivity contribution < 1.29 is 24.2 Å². The number of piperazine rings is 1. The van der Waals surface area contributed by atoms with Crippen LogP contribution in [0.2, 0.25) is 0 Å². The molecule has 0 atom stereocenters. The van der Waals surface area contributed by atoms with Gasteiger partial charge in [-0.2, -0.15) is 5.10 Å². The second-order valence-electron chi connectivity index (χ2n) is 6.55. The van der Waals surface area contributed by atoms with E-state index in [0.717, 1.165) is 11.4 Å². The molecule has 2 aromatic carbocycles. The summed E-state index contributed by atoms with van der Waals surface area (Å²) in [7, 11) is 3.05. The summed E-state index contributed by atoms with van der Waals surface area (Å²) in [5.74, 6) is -0.530. The van der Waals surface area contributed by atoms with Gasteiger partial charge in [0, 0.05) is 31.7 Å². The van der Waals surface area contributed by atoms with Gasteiger partial charge in [0.2, 0.25) is 0 Å². The fourth-order valence-electron chi connectivity index (χ4n) is 3.20. The zero-order chi connectivity index (χ0) is 21.5. The topological polar surface area (TPSA) is 104 Å². The Kier molecular flexibility index (Phi) is 6.74. The minimum atomic E-state index is -0.834. The lowest BCUT2D eigenvalue weighted by atomic mass is 10.2. The Bertz CT molecular complexity index is 939. The van der Waals surface area contributed by atoms with E-state index in [-0.39, 0.29) is 11.5 Å². The molecule has 1 aliphatic rings. The molecule has 0 aromatic heterocycles. The number of ether oxygens (including phenoxy) is 2. The molecule has 3 rings (SSSR count). The van der Waals surface area contributed by atoms with Crippen molar-refractivity contribution in [3.8, 4) is 17.2 Å². The van der Waals surface area contributed by atoms with Gasteiger partial charge in [-0.15, -0.1) is 0 Å². The number of amides is 2. The number of anilines is 1. The molecule has 2 amide bonds. The quantitative estimate of drug-likeness (QED) is 0.435. The largest absolute Gasteiger partial charge is 0.504 e. The highest BCUT2D eigenvalue weighted by atomic mass is 16.5. The van der Waals surface area contributed by atoms with Gasteiger partial charge in [0.15, 0.2) is 11.5 Å². The maximum atomic E-state index is 12.4. The monoisotopic (exact) mass is 412 g/mol. The van der Waals surface area contributed by atoms with Crippen molar-refractivity contribution in [2.75, 3.05) is 45.3 Å². The minimum absolute atomic E-state index is 0.100. The molecule has 30 heavy (non-hydrogen) atoms.